The molecule has 0 amide bonds. The van der Waals surface area contributed by atoms with Crippen LogP contribution in [0.15, 0.2) is 57.8 Å². The summed E-state index contributed by atoms with van der Waals surface area (Å²) in [4.78, 5) is 0.135. The first-order valence-corrected chi connectivity index (χ1v) is 10.4. The fraction of sp³-hybridized carbons (Fsp3) is 0.211. The summed E-state index contributed by atoms with van der Waals surface area (Å²) in [5.41, 5.74) is 1.11. The zero-order valence-corrected chi connectivity index (χ0v) is 16.2. The molecule has 4 rings (SSSR count). The van der Waals surface area contributed by atoms with Gasteiger partial charge in [-0.2, -0.15) is 9.57 Å². The van der Waals surface area contributed by atoms with Crippen LogP contribution in [0.1, 0.15) is 24.3 Å². The topological polar surface area (TPSA) is 100 Å². The van der Waals surface area contributed by atoms with Gasteiger partial charge in [-0.3, -0.25) is 0 Å². The first-order valence-electron chi connectivity index (χ1n) is 8.58. The molecule has 1 saturated carbocycles. The second-order valence-corrected chi connectivity index (χ2v) is 8.75. The zero-order chi connectivity index (χ0) is 19.7. The Morgan fingerprint density at radius 3 is 2.39 bits per heavy atom. The second kappa shape index (κ2) is 7.36. The van der Waals surface area contributed by atoms with E-state index in [-0.39, 0.29) is 23.4 Å². The lowest BCUT2D eigenvalue weighted by Crippen LogP contribution is -2.32. The predicted molar refractivity (Wildman–Crippen MR) is 102 cm³/mol. The standard InChI is InChI=1S/C19H15ClN4O3S/c20-15-5-3-14(4-6-15)19-23-22-18(27-19)12-24(16-7-8-16)28(25,26)17-9-1-13(11-21)2-10-17/h1-6,9-10,16H,7-8,12H2. The van der Waals surface area contributed by atoms with Gasteiger partial charge in [0, 0.05) is 16.6 Å². The maximum atomic E-state index is 13.1. The van der Waals surface area contributed by atoms with Gasteiger partial charge in [0.1, 0.15) is 0 Å². The van der Waals surface area contributed by atoms with Crippen molar-refractivity contribution in [2.24, 2.45) is 0 Å². The molecule has 0 aliphatic heterocycles. The number of rotatable bonds is 6. The van der Waals surface area contributed by atoms with E-state index in [2.05, 4.69) is 10.2 Å². The van der Waals surface area contributed by atoms with E-state index >= 15 is 0 Å². The molecule has 9 heteroatoms. The summed E-state index contributed by atoms with van der Waals surface area (Å²) in [6.07, 6.45) is 1.57. The highest BCUT2D eigenvalue weighted by Gasteiger charge is 2.39. The van der Waals surface area contributed by atoms with Crippen LogP contribution < -0.4 is 0 Å². The van der Waals surface area contributed by atoms with Crippen LogP contribution in [-0.4, -0.2) is 29.0 Å². The number of hydrogen-bond acceptors (Lipinski definition) is 6. The molecule has 0 bridgehead atoms. The Morgan fingerprint density at radius 1 is 1.11 bits per heavy atom. The average molecular weight is 415 g/mol. The number of halogens is 1. The minimum Gasteiger partial charge on any atom is -0.419 e. The molecule has 0 atom stereocenters. The number of hydrogen-bond donors (Lipinski definition) is 0. The Kier molecular flexibility index (Phi) is 4.89. The molecule has 1 aliphatic carbocycles. The molecule has 0 saturated heterocycles. The summed E-state index contributed by atoms with van der Waals surface area (Å²) < 4.78 is 33.2. The predicted octanol–water partition coefficient (Wildman–Crippen LogP) is 3.61. The van der Waals surface area contributed by atoms with Gasteiger partial charge in [-0.05, 0) is 61.4 Å². The molecule has 7 nitrogen and oxygen atoms in total. The molecule has 3 aromatic rings. The first kappa shape index (κ1) is 18.6. The lowest BCUT2D eigenvalue weighted by Gasteiger charge is -2.20. The van der Waals surface area contributed by atoms with Crippen LogP contribution in [0.2, 0.25) is 5.02 Å². The van der Waals surface area contributed by atoms with Crippen LogP contribution >= 0.6 is 11.6 Å². The molecule has 1 fully saturated rings. The number of nitrogens with zero attached hydrogens (tertiary/aromatic N) is 4. The number of nitriles is 1. The summed E-state index contributed by atoms with van der Waals surface area (Å²) in [5.74, 6) is 0.521. The van der Waals surface area contributed by atoms with Gasteiger partial charge in [-0.25, -0.2) is 8.42 Å². The third-order valence-corrected chi connectivity index (χ3v) is 6.56. The zero-order valence-electron chi connectivity index (χ0n) is 14.6. The molecule has 1 aliphatic rings. The van der Waals surface area contributed by atoms with Gasteiger partial charge in [0.05, 0.1) is 23.1 Å². The van der Waals surface area contributed by atoms with Crippen LogP contribution in [0.25, 0.3) is 11.5 Å². The van der Waals surface area contributed by atoms with E-state index in [0.717, 1.165) is 12.8 Å². The molecule has 28 heavy (non-hydrogen) atoms. The highest BCUT2D eigenvalue weighted by molar-refractivity contribution is 7.89. The summed E-state index contributed by atoms with van der Waals surface area (Å²) >= 11 is 5.88. The number of aromatic nitrogens is 2. The summed E-state index contributed by atoms with van der Waals surface area (Å²) in [6.45, 7) is -0.00636. The monoisotopic (exact) mass is 414 g/mol. The van der Waals surface area contributed by atoms with Crippen LogP contribution in [0.5, 0.6) is 0 Å². The quantitative estimate of drug-likeness (QED) is 0.610. The van der Waals surface area contributed by atoms with Crippen molar-refractivity contribution in [3.8, 4) is 17.5 Å². The molecule has 0 spiro atoms. The Labute approximate surface area is 167 Å². The SMILES string of the molecule is N#Cc1ccc(S(=O)(=O)N(Cc2nnc(-c3ccc(Cl)cc3)o2)C2CC2)cc1. The molecule has 0 unspecified atom stereocenters. The van der Waals surface area contributed by atoms with E-state index in [4.69, 9.17) is 21.3 Å². The second-order valence-electron chi connectivity index (χ2n) is 6.43. The van der Waals surface area contributed by atoms with Crippen molar-refractivity contribution in [2.75, 3.05) is 0 Å². The highest BCUT2D eigenvalue weighted by Crippen LogP contribution is 2.33. The summed E-state index contributed by atoms with van der Waals surface area (Å²) in [5, 5.41) is 17.5. The van der Waals surface area contributed by atoms with E-state index in [1.807, 2.05) is 6.07 Å². The summed E-state index contributed by atoms with van der Waals surface area (Å²) in [6, 6.07) is 14.7. The largest absolute Gasteiger partial charge is 0.419 e. The summed E-state index contributed by atoms with van der Waals surface area (Å²) in [7, 11) is -3.74. The molecular formula is C19H15ClN4O3S. The Bertz CT molecular complexity index is 1130. The Hall–Kier alpha value is -2.73. The fourth-order valence-corrected chi connectivity index (χ4v) is 4.53. The third kappa shape index (κ3) is 3.78. The normalized spacial score (nSPS) is 14.2. The maximum Gasteiger partial charge on any atom is 0.247 e. The van der Waals surface area contributed by atoms with Gasteiger partial charge in [0.2, 0.25) is 21.8 Å². The minimum atomic E-state index is -3.74. The third-order valence-electron chi connectivity index (χ3n) is 4.39. The van der Waals surface area contributed by atoms with E-state index in [0.29, 0.717) is 22.0 Å². The van der Waals surface area contributed by atoms with Gasteiger partial charge in [0.15, 0.2) is 0 Å². The highest BCUT2D eigenvalue weighted by atomic mass is 35.5. The molecule has 1 aromatic heterocycles. The van der Waals surface area contributed by atoms with Crippen molar-refractivity contribution >= 4 is 21.6 Å². The molecular weight excluding hydrogens is 400 g/mol. The number of benzene rings is 2. The van der Waals surface area contributed by atoms with Crippen molar-refractivity contribution < 1.29 is 12.8 Å². The number of sulfonamides is 1. The lowest BCUT2D eigenvalue weighted by molar-refractivity contribution is 0.351. The van der Waals surface area contributed by atoms with Gasteiger partial charge in [-0.15, -0.1) is 10.2 Å². The van der Waals surface area contributed by atoms with Crippen molar-refractivity contribution in [1.29, 1.82) is 5.26 Å². The minimum absolute atomic E-state index is 0.00636. The van der Waals surface area contributed by atoms with Crippen LogP contribution in [0, 0.1) is 11.3 Å². The van der Waals surface area contributed by atoms with Gasteiger partial charge >= 0.3 is 0 Å². The smallest absolute Gasteiger partial charge is 0.247 e. The van der Waals surface area contributed by atoms with E-state index in [1.165, 1.54) is 28.6 Å². The Morgan fingerprint density at radius 2 is 1.79 bits per heavy atom. The van der Waals surface area contributed by atoms with E-state index in [1.54, 1.807) is 24.3 Å². The maximum absolute atomic E-state index is 13.1. The van der Waals surface area contributed by atoms with E-state index < -0.39 is 10.0 Å². The van der Waals surface area contributed by atoms with Gasteiger partial charge in [-0.1, -0.05) is 11.6 Å². The van der Waals surface area contributed by atoms with Crippen molar-refractivity contribution in [3.05, 3.63) is 65.0 Å². The van der Waals surface area contributed by atoms with E-state index in [9.17, 15) is 8.42 Å². The lowest BCUT2D eigenvalue weighted by atomic mass is 10.2. The van der Waals surface area contributed by atoms with Crippen LogP contribution in [0.3, 0.4) is 0 Å². The van der Waals surface area contributed by atoms with Crippen molar-refractivity contribution in [3.63, 3.8) is 0 Å². The molecule has 1 heterocycles. The molecule has 0 radical (unpaired) electrons. The van der Waals surface area contributed by atoms with Crippen molar-refractivity contribution in [1.82, 2.24) is 14.5 Å². The molecule has 142 valence electrons. The molecule has 0 N–H and O–H groups in total. The molecule has 2 aromatic carbocycles. The van der Waals surface area contributed by atoms with Crippen LogP contribution in [0.4, 0.5) is 0 Å². The Balaban J connectivity index is 1.59. The first-order chi connectivity index (χ1) is 13.5. The van der Waals surface area contributed by atoms with Gasteiger partial charge in [0.25, 0.3) is 0 Å². The van der Waals surface area contributed by atoms with Crippen LogP contribution in [-0.2, 0) is 16.6 Å². The fourth-order valence-electron chi connectivity index (χ4n) is 2.77. The van der Waals surface area contributed by atoms with Crippen molar-refractivity contribution in [2.45, 2.75) is 30.3 Å². The average Bonchev–Trinajstić information content (AvgIpc) is 3.44. The van der Waals surface area contributed by atoms with Gasteiger partial charge < -0.3 is 4.42 Å².